The summed E-state index contributed by atoms with van der Waals surface area (Å²) in [7, 11) is -6.75. The van der Waals surface area contributed by atoms with Crippen molar-refractivity contribution >= 4 is 31.6 Å². The van der Waals surface area contributed by atoms with Crippen molar-refractivity contribution in [3.63, 3.8) is 0 Å². The highest BCUT2D eigenvalue weighted by molar-refractivity contribution is 7.89. The zero-order valence-corrected chi connectivity index (χ0v) is 18.4. The van der Waals surface area contributed by atoms with Crippen LogP contribution in [0, 0.1) is 15.9 Å². The number of carbonyl (C=O) groups is 1. The first-order valence-corrected chi connectivity index (χ1v) is 12.2. The largest absolute Gasteiger partial charge is 0.336 e. The van der Waals surface area contributed by atoms with E-state index in [1.807, 2.05) is 0 Å². The number of benzene rings is 2. The number of nitro benzene ring substituents is 1. The molecule has 0 radical (unpaired) electrons. The minimum Gasteiger partial charge on any atom is -0.336 e. The molecule has 0 saturated carbocycles. The summed E-state index contributed by atoms with van der Waals surface area (Å²) in [6, 6.07) is 7.46. The van der Waals surface area contributed by atoms with Gasteiger partial charge < -0.3 is 4.90 Å². The van der Waals surface area contributed by atoms with Crippen LogP contribution in [0.2, 0.25) is 0 Å². The zero-order valence-electron chi connectivity index (χ0n) is 16.8. The Morgan fingerprint density at radius 3 is 2.28 bits per heavy atom. The molecule has 1 fully saturated rings. The maximum absolute atomic E-state index is 14.2. The fourth-order valence-electron chi connectivity index (χ4n) is 3.16. The number of piperazine rings is 1. The number of non-ortho nitro benzene ring substituents is 1. The van der Waals surface area contributed by atoms with Gasteiger partial charge in [-0.2, -0.15) is 4.31 Å². The van der Waals surface area contributed by atoms with E-state index in [0.717, 1.165) is 28.6 Å². The van der Waals surface area contributed by atoms with Crippen LogP contribution in [0.5, 0.6) is 0 Å². The van der Waals surface area contributed by atoms with Crippen LogP contribution in [-0.2, 0) is 20.0 Å². The van der Waals surface area contributed by atoms with Crippen molar-refractivity contribution < 1.29 is 30.9 Å². The second-order valence-corrected chi connectivity index (χ2v) is 10.6. The molecule has 0 bridgehead atoms. The van der Waals surface area contributed by atoms with Gasteiger partial charge in [-0.05, 0) is 31.3 Å². The molecule has 0 unspecified atom stereocenters. The quantitative estimate of drug-likeness (QED) is 0.469. The van der Waals surface area contributed by atoms with Crippen molar-refractivity contribution in [3.05, 3.63) is 64.0 Å². The Balaban J connectivity index is 1.77. The van der Waals surface area contributed by atoms with Crippen LogP contribution in [0.3, 0.4) is 0 Å². The summed E-state index contributed by atoms with van der Waals surface area (Å²) in [4.78, 5) is 23.7. The predicted octanol–water partition coefficient (Wildman–Crippen LogP) is 0.789. The van der Waals surface area contributed by atoms with E-state index in [0.29, 0.717) is 0 Å². The second-order valence-electron chi connectivity index (χ2n) is 6.80. The predicted molar refractivity (Wildman–Crippen MR) is 110 cm³/mol. The van der Waals surface area contributed by atoms with E-state index >= 15 is 0 Å². The lowest BCUT2D eigenvalue weighted by atomic mass is 10.1. The summed E-state index contributed by atoms with van der Waals surface area (Å²) in [5.41, 5.74) is -0.817. The number of hydrogen-bond acceptors (Lipinski definition) is 7. The van der Waals surface area contributed by atoms with E-state index in [9.17, 15) is 36.1 Å². The van der Waals surface area contributed by atoms with Gasteiger partial charge in [0.15, 0.2) is 0 Å². The highest BCUT2D eigenvalue weighted by Crippen LogP contribution is 2.23. The lowest BCUT2D eigenvalue weighted by Crippen LogP contribution is -2.50. The maximum Gasteiger partial charge on any atom is 0.270 e. The summed E-state index contributed by atoms with van der Waals surface area (Å²) < 4.78 is 66.9. The van der Waals surface area contributed by atoms with Gasteiger partial charge in [-0.25, -0.2) is 25.9 Å². The third kappa shape index (κ3) is 4.62. The normalized spacial score (nSPS) is 15.5. The minimum absolute atomic E-state index is 0.0740. The Labute approximate surface area is 183 Å². The first kappa shape index (κ1) is 23.7. The van der Waals surface area contributed by atoms with Gasteiger partial charge in [0.2, 0.25) is 20.0 Å². The molecule has 0 atom stereocenters. The average molecular weight is 487 g/mol. The molecule has 2 aromatic carbocycles. The fourth-order valence-corrected chi connectivity index (χ4v) is 5.38. The van der Waals surface area contributed by atoms with Crippen LogP contribution >= 0.6 is 0 Å². The SMILES string of the molecule is CNS(=O)(=O)c1ccc(F)c(C(=O)N2CCN(S(=O)(=O)c3cccc([N+](=O)[O-])c3)CC2)c1. The number of hydrogen-bond donors (Lipinski definition) is 1. The van der Waals surface area contributed by atoms with Gasteiger partial charge in [0.25, 0.3) is 11.6 Å². The van der Waals surface area contributed by atoms with E-state index < -0.39 is 42.3 Å². The summed E-state index contributed by atoms with van der Waals surface area (Å²) in [6.07, 6.45) is 0. The molecule has 1 N–H and O–H groups in total. The van der Waals surface area contributed by atoms with Crippen LogP contribution in [-0.4, -0.2) is 70.1 Å². The molecule has 11 nitrogen and oxygen atoms in total. The van der Waals surface area contributed by atoms with E-state index in [2.05, 4.69) is 4.72 Å². The Kier molecular flexibility index (Phi) is 6.59. The Bertz CT molecular complexity index is 1270. The molecule has 1 aliphatic heterocycles. The van der Waals surface area contributed by atoms with Gasteiger partial charge in [0.05, 0.1) is 20.3 Å². The number of halogens is 1. The molecule has 1 amide bonds. The second kappa shape index (κ2) is 8.90. The molecule has 0 aliphatic carbocycles. The fraction of sp³-hybridized carbons (Fsp3) is 0.278. The van der Waals surface area contributed by atoms with Crippen molar-refractivity contribution in [2.45, 2.75) is 9.79 Å². The highest BCUT2D eigenvalue weighted by atomic mass is 32.2. The molecule has 1 heterocycles. The number of nitrogens with one attached hydrogen (secondary N) is 1. The van der Waals surface area contributed by atoms with Gasteiger partial charge in [0, 0.05) is 38.3 Å². The molecular formula is C18H19FN4O7S2. The average Bonchev–Trinajstić information content (AvgIpc) is 2.79. The first-order chi connectivity index (χ1) is 15.0. The molecule has 0 aromatic heterocycles. The Hall–Kier alpha value is -2.94. The molecule has 1 saturated heterocycles. The third-order valence-corrected chi connectivity index (χ3v) is 8.25. The molecule has 32 heavy (non-hydrogen) atoms. The van der Waals surface area contributed by atoms with E-state index in [1.54, 1.807) is 0 Å². The summed E-state index contributed by atoms with van der Waals surface area (Å²) in [5, 5.41) is 10.9. The van der Waals surface area contributed by atoms with Crippen molar-refractivity contribution in [2.24, 2.45) is 0 Å². The lowest BCUT2D eigenvalue weighted by molar-refractivity contribution is -0.385. The van der Waals surface area contributed by atoms with Gasteiger partial charge in [-0.15, -0.1) is 0 Å². The standard InChI is InChI=1S/C18H19FN4O7S2/c1-20-31(27,28)14-5-6-17(19)16(12-14)18(24)21-7-9-22(10-8-21)32(29,30)15-4-2-3-13(11-15)23(25)26/h2-6,11-12,20H,7-10H2,1H3. The van der Waals surface area contributed by atoms with E-state index in [-0.39, 0.29) is 41.7 Å². The van der Waals surface area contributed by atoms with E-state index in [4.69, 9.17) is 0 Å². The molecule has 14 heteroatoms. The van der Waals surface area contributed by atoms with Gasteiger partial charge in [0.1, 0.15) is 5.82 Å². The Morgan fingerprint density at radius 1 is 1.03 bits per heavy atom. The zero-order chi connectivity index (χ0) is 23.7. The molecule has 172 valence electrons. The molecule has 1 aliphatic rings. The molecule has 0 spiro atoms. The van der Waals surface area contributed by atoms with Crippen molar-refractivity contribution in [1.29, 1.82) is 0 Å². The minimum atomic E-state index is -4.04. The number of carbonyl (C=O) groups excluding carboxylic acids is 1. The van der Waals surface area contributed by atoms with Crippen LogP contribution < -0.4 is 4.72 Å². The topological polar surface area (TPSA) is 147 Å². The van der Waals surface area contributed by atoms with E-state index in [1.165, 1.54) is 30.1 Å². The van der Waals surface area contributed by atoms with Crippen LogP contribution in [0.1, 0.15) is 10.4 Å². The number of sulfonamides is 2. The lowest BCUT2D eigenvalue weighted by Gasteiger charge is -2.34. The van der Waals surface area contributed by atoms with Crippen molar-refractivity contribution in [2.75, 3.05) is 33.2 Å². The molecule has 3 rings (SSSR count). The monoisotopic (exact) mass is 486 g/mol. The number of nitro groups is 1. The molecular weight excluding hydrogens is 467 g/mol. The summed E-state index contributed by atoms with van der Waals surface area (Å²) in [6.45, 7) is -0.384. The number of rotatable bonds is 6. The first-order valence-electron chi connectivity index (χ1n) is 9.24. The van der Waals surface area contributed by atoms with Gasteiger partial charge in [-0.1, -0.05) is 6.07 Å². The van der Waals surface area contributed by atoms with Gasteiger partial charge >= 0.3 is 0 Å². The molecule has 2 aromatic rings. The van der Waals surface area contributed by atoms with Crippen molar-refractivity contribution in [1.82, 2.24) is 13.9 Å². The number of amides is 1. The maximum atomic E-state index is 14.2. The van der Waals surface area contributed by atoms with Crippen LogP contribution in [0.15, 0.2) is 52.3 Å². The van der Waals surface area contributed by atoms with Crippen LogP contribution in [0.4, 0.5) is 10.1 Å². The highest BCUT2D eigenvalue weighted by Gasteiger charge is 2.32. The summed E-state index contributed by atoms with van der Waals surface area (Å²) >= 11 is 0. The third-order valence-electron chi connectivity index (χ3n) is 4.94. The Morgan fingerprint density at radius 2 is 1.69 bits per heavy atom. The van der Waals surface area contributed by atoms with Crippen molar-refractivity contribution in [3.8, 4) is 0 Å². The van der Waals surface area contributed by atoms with Crippen LogP contribution in [0.25, 0.3) is 0 Å². The van der Waals surface area contributed by atoms with Gasteiger partial charge in [-0.3, -0.25) is 14.9 Å². The smallest absolute Gasteiger partial charge is 0.270 e. The summed E-state index contributed by atoms with van der Waals surface area (Å²) in [5.74, 6) is -1.68. The number of nitrogens with zero attached hydrogens (tertiary/aromatic N) is 3.